The zero-order valence-electron chi connectivity index (χ0n) is 19.1. The third kappa shape index (κ3) is 4.17. The minimum absolute atomic E-state index is 0.0684. The predicted octanol–water partition coefficient (Wildman–Crippen LogP) is 4.22. The number of fused-ring (bicyclic) bond motifs is 1. The van der Waals surface area contributed by atoms with E-state index in [4.69, 9.17) is 15.7 Å². The number of piperidine rings is 1. The molecule has 4 aromatic rings. The molecular formula is C25H21F2N7O2. The van der Waals surface area contributed by atoms with Crippen molar-refractivity contribution in [2.24, 2.45) is 0 Å². The molecule has 0 saturated carbocycles. The summed E-state index contributed by atoms with van der Waals surface area (Å²) < 4.78 is 37.5. The molecule has 182 valence electrons. The van der Waals surface area contributed by atoms with Gasteiger partial charge in [-0.3, -0.25) is 4.79 Å². The first-order valence-electron chi connectivity index (χ1n) is 11.3. The highest BCUT2D eigenvalue weighted by Crippen LogP contribution is 2.37. The van der Waals surface area contributed by atoms with E-state index in [0.29, 0.717) is 37.3 Å². The van der Waals surface area contributed by atoms with Crippen LogP contribution in [0.2, 0.25) is 0 Å². The van der Waals surface area contributed by atoms with E-state index in [0.717, 1.165) is 0 Å². The number of nitrogens with zero attached hydrogens (tertiary/aromatic N) is 6. The van der Waals surface area contributed by atoms with Gasteiger partial charge in [0.25, 0.3) is 0 Å². The van der Waals surface area contributed by atoms with Crippen molar-refractivity contribution in [1.29, 1.82) is 5.26 Å². The minimum atomic E-state index is -1.17. The molecule has 2 aromatic heterocycles. The van der Waals surface area contributed by atoms with E-state index in [1.807, 2.05) is 6.07 Å². The Hall–Kier alpha value is -4.59. The van der Waals surface area contributed by atoms with Crippen molar-refractivity contribution < 1.29 is 18.3 Å². The van der Waals surface area contributed by atoms with Gasteiger partial charge in [-0.2, -0.15) is 14.8 Å². The number of carbonyl (C=O) groups excluding carboxylic acids is 1. The molecule has 1 atom stereocenters. The number of aromatic nitrogens is 4. The highest BCUT2D eigenvalue weighted by atomic mass is 19.2. The van der Waals surface area contributed by atoms with Gasteiger partial charge in [0.05, 0.1) is 17.5 Å². The monoisotopic (exact) mass is 489 g/mol. The van der Waals surface area contributed by atoms with Crippen molar-refractivity contribution in [3.05, 3.63) is 60.4 Å². The van der Waals surface area contributed by atoms with Crippen LogP contribution in [0.15, 0.2) is 48.8 Å². The molecule has 1 fully saturated rings. The molecule has 0 radical (unpaired) electrons. The molecule has 11 heteroatoms. The first-order valence-corrected chi connectivity index (χ1v) is 11.3. The van der Waals surface area contributed by atoms with Gasteiger partial charge in [0.15, 0.2) is 17.2 Å². The fourth-order valence-electron chi connectivity index (χ4n) is 4.41. The van der Waals surface area contributed by atoms with Crippen molar-refractivity contribution in [3.8, 4) is 28.8 Å². The van der Waals surface area contributed by atoms with Gasteiger partial charge in [0.1, 0.15) is 30.0 Å². The largest absolute Gasteiger partial charge is 0.454 e. The van der Waals surface area contributed by atoms with Gasteiger partial charge in [-0.15, -0.1) is 0 Å². The first kappa shape index (κ1) is 23.2. The number of ether oxygens (including phenoxy) is 1. The Labute approximate surface area is 204 Å². The maximum Gasteiger partial charge on any atom is 0.236 e. The zero-order valence-corrected chi connectivity index (χ0v) is 19.1. The summed E-state index contributed by atoms with van der Waals surface area (Å²) in [6.07, 6.45) is 2.42. The third-order valence-corrected chi connectivity index (χ3v) is 6.12. The molecule has 0 spiro atoms. The van der Waals surface area contributed by atoms with E-state index in [-0.39, 0.29) is 46.6 Å². The number of nitrogen functional groups attached to an aromatic ring is 1. The summed E-state index contributed by atoms with van der Waals surface area (Å²) in [6.45, 7) is 0.838. The minimum Gasteiger partial charge on any atom is -0.454 e. The third-order valence-electron chi connectivity index (χ3n) is 6.12. The maximum absolute atomic E-state index is 15.3. The van der Waals surface area contributed by atoms with Crippen molar-refractivity contribution in [3.63, 3.8) is 0 Å². The fourth-order valence-corrected chi connectivity index (χ4v) is 4.41. The molecule has 2 aromatic carbocycles. The summed E-state index contributed by atoms with van der Waals surface area (Å²) in [5.41, 5.74) is 6.45. The molecule has 2 N–H and O–H groups in total. The summed E-state index contributed by atoms with van der Waals surface area (Å²) in [6, 6.07) is 12.8. The average molecular weight is 489 g/mol. The molecule has 9 nitrogen and oxygen atoms in total. The molecule has 1 aliphatic heterocycles. The Morgan fingerprint density at radius 2 is 1.97 bits per heavy atom. The number of hydrogen-bond acceptors (Lipinski definition) is 7. The Balaban J connectivity index is 1.56. The number of carbonyl (C=O) groups is 1. The second-order valence-electron chi connectivity index (χ2n) is 8.38. The second kappa shape index (κ2) is 9.58. The second-order valence-corrected chi connectivity index (χ2v) is 8.38. The van der Waals surface area contributed by atoms with Gasteiger partial charge < -0.3 is 15.4 Å². The van der Waals surface area contributed by atoms with Crippen LogP contribution in [0.1, 0.15) is 25.3 Å². The van der Waals surface area contributed by atoms with Crippen LogP contribution in [0.4, 0.5) is 14.6 Å². The number of para-hydroxylation sites is 1. The van der Waals surface area contributed by atoms with E-state index in [2.05, 4.69) is 15.1 Å². The molecule has 1 unspecified atom stereocenters. The molecule has 0 bridgehead atoms. The molecule has 3 heterocycles. The predicted molar refractivity (Wildman–Crippen MR) is 127 cm³/mol. The summed E-state index contributed by atoms with van der Waals surface area (Å²) in [4.78, 5) is 22.2. The van der Waals surface area contributed by atoms with Crippen molar-refractivity contribution in [2.75, 3.05) is 18.8 Å². The number of rotatable bonds is 5. The summed E-state index contributed by atoms with van der Waals surface area (Å²) in [5.74, 6) is -2.42. The van der Waals surface area contributed by atoms with Crippen LogP contribution in [-0.4, -0.2) is 43.6 Å². The summed E-state index contributed by atoms with van der Waals surface area (Å²) >= 11 is 0. The van der Waals surface area contributed by atoms with E-state index in [1.54, 1.807) is 39.9 Å². The normalized spacial score (nSPS) is 15.6. The highest BCUT2D eigenvalue weighted by Gasteiger charge is 2.30. The number of hydrogen-bond donors (Lipinski definition) is 1. The molecule has 0 aliphatic carbocycles. The SMILES string of the molecule is N#CCC(=O)N1CCCC(n2nc(-c3ccc(Oc4ccccc4)c(F)c3F)c3c(N)ncnc32)C1. The number of nitrogens with two attached hydrogens (primary N) is 1. The number of anilines is 1. The number of benzene rings is 2. The Kier molecular flexibility index (Phi) is 6.16. The van der Waals surface area contributed by atoms with Gasteiger partial charge in [-0.25, -0.2) is 19.0 Å². The van der Waals surface area contributed by atoms with Gasteiger partial charge in [-0.1, -0.05) is 18.2 Å². The molecule has 1 saturated heterocycles. The van der Waals surface area contributed by atoms with Crippen LogP contribution in [0, 0.1) is 23.0 Å². The molecular weight excluding hydrogens is 468 g/mol. The summed E-state index contributed by atoms with van der Waals surface area (Å²) in [7, 11) is 0. The van der Waals surface area contributed by atoms with E-state index >= 15 is 8.78 Å². The van der Waals surface area contributed by atoms with Crippen molar-refractivity contribution >= 4 is 22.8 Å². The standard InChI is InChI=1S/C25H21F2N7O2/c26-21-17(8-9-18(22(21)27)36-16-6-2-1-3-7-16)23-20-24(29)30-14-31-25(20)34(32-23)15-5-4-12-33(13-15)19(35)10-11-28/h1-3,6-9,14-15H,4-5,10,12-13H2,(H2,29,30,31). The van der Waals surface area contributed by atoms with Crippen LogP contribution in [0.5, 0.6) is 11.5 Å². The van der Waals surface area contributed by atoms with E-state index in [9.17, 15) is 4.79 Å². The smallest absolute Gasteiger partial charge is 0.236 e. The Bertz CT molecular complexity index is 1480. The topological polar surface area (TPSA) is 123 Å². The van der Waals surface area contributed by atoms with Gasteiger partial charge in [0, 0.05) is 18.7 Å². The van der Waals surface area contributed by atoms with Crippen LogP contribution in [-0.2, 0) is 4.79 Å². The lowest BCUT2D eigenvalue weighted by molar-refractivity contribution is -0.131. The number of likely N-dealkylation sites (tertiary alicyclic amines) is 1. The Morgan fingerprint density at radius 1 is 1.17 bits per heavy atom. The molecule has 1 amide bonds. The van der Waals surface area contributed by atoms with Crippen LogP contribution in [0.25, 0.3) is 22.3 Å². The first-order chi connectivity index (χ1) is 17.5. The molecule has 36 heavy (non-hydrogen) atoms. The molecule has 1 aliphatic rings. The zero-order chi connectivity index (χ0) is 25.2. The number of halogens is 2. The molecule has 5 rings (SSSR count). The van der Waals surface area contributed by atoms with Gasteiger partial charge >= 0.3 is 0 Å². The van der Waals surface area contributed by atoms with Crippen LogP contribution < -0.4 is 10.5 Å². The van der Waals surface area contributed by atoms with Crippen LogP contribution in [0.3, 0.4) is 0 Å². The highest BCUT2D eigenvalue weighted by molar-refractivity contribution is 5.98. The lowest BCUT2D eigenvalue weighted by atomic mass is 10.1. The Morgan fingerprint density at radius 3 is 2.75 bits per heavy atom. The van der Waals surface area contributed by atoms with Crippen molar-refractivity contribution in [2.45, 2.75) is 25.3 Å². The van der Waals surface area contributed by atoms with Gasteiger partial charge in [-0.05, 0) is 37.1 Å². The van der Waals surface area contributed by atoms with Crippen LogP contribution >= 0.6 is 0 Å². The fraction of sp³-hybridized carbons (Fsp3) is 0.240. The lowest BCUT2D eigenvalue weighted by Crippen LogP contribution is -2.40. The van der Waals surface area contributed by atoms with Gasteiger partial charge in [0.2, 0.25) is 11.7 Å². The van der Waals surface area contributed by atoms with E-state index in [1.165, 1.54) is 18.5 Å². The quantitative estimate of drug-likeness (QED) is 0.445. The maximum atomic E-state index is 15.3. The number of nitriles is 1. The summed E-state index contributed by atoms with van der Waals surface area (Å²) in [5, 5.41) is 13.7. The average Bonchev–Trinajstić information content (AvgIpc) is 3.28. The lowest BCUT2D eigenvalue weighted by Gasteiger charge is -2.32. The number of amides is 1. The van der Waals surface area contributed by atoms with Crippen molar-refractivity contribution in [1.82, 2.24) is 24.6 Å². The van der Waals surface area contributed by atoms with E-state index < -0.39 is 11.6 Å².